The van der Waals surface area contributed by atoms with Crippen molar-refractivity contribution in [3.05, 3.63) is 70.3 Å². The predicted molar refractivity (Wildman–Crippen MR) is 96.4 cm³/mol. The van der Waals surface area contributed by atoms with Crippen LogP contribution in [0.15, 0.2) is 59.7 Å². The third kappa shape index (κ3) is 2.34. The molecule has 5 nitrogen and oxygen atoms in total. The standard InChI is InChI=1S/C20H19N3O2/c24-23(25)15-8-6-14(7-9-15)21-22-20(12-4-2-1-3-5-12)18-13-10-16-17(11-13)19(16)18/h1-9,13,16-19,21H,10-11H2/b22-20+/t13?,16-,17-,18+,19?/m1/s1. The lowest BCUT2D eigenvalue weighted by Gasteiger charge is -2.18. The quantitative estimate of drug-likeness (QED) is 0.503. The molecular weight excluding hydrogens is 314 g/mol. The van der Waals surface area contributed by atoms with Crippen LogP contribution < -0.4 is 5.43 Å². The van der Waals surface area contributed by atoms with Crippen molar-refractivity contribution in [2.45, 2.75) is 12.8 Å². The van der Waals surface area contributed by atoms with Crippen LogP contribution in [-0.2, 0) is 0 Å². The van der Waals surface area contributed by atoms with Crippen molar-refractivity contribution in [2.75, 3.05) is 5.43 Å². The summed E-state index contributed by atoms with van der Waals surface area (Å²) < 4.78 is 0. The smallest absolute Gasteiger partial charge is 0.269 e. The van der Waals surface area contributed by atoms with Gasteiger partial charge in [-0.15, -0.1) is 0 Å². The van der Waals surface area contributed by atoms with Crippen molar-refractivity contribution < 1.29 is 4.92 Å². The Morgan fingerprint density at radius 1 is 1.04 bits per heavy atom. The van der Waals surface area contributed by atoms with Gasteiger partial charge in [-0.2, -0.15) is 5.10 Å². The summed E-state index contributed by atoms with van der Waals surface area (Å²) >= 11 is 0. The van der Waals surface area contributed by atoms with Crippen LogP contribution in [0.2, 0.25) is 0 Å². The minimum absolute atomic E-state index is 0.0928. The highest BCUT2D eigenvalue weighted by atomic mass is 16.6. The van der Waals surface area contributed by atoms with Gasteiger partial charge in [-0.25, -0.2) is 0 Å². The molecule has 0 radical (unpaired) electrons. The molecule has 25 heavy (non-hydrogen) atoms. The summed E-state index contributed by atoms with van der Waals surface area (Å²) in [6.45, 7) is 0. The lowest BCUT2D eigenvalue weighted by molar-refractivity contribution is -0.384. The molecule has 0 saturated heterocycles. The molecule has 0 amide bonds. The van der Waals surface area contributed by atoms with Gasteiger partial charge < -0.3 is 0 Å². The average molecular weight is 333 g/mol. The molecule has 4 aliphatic carbocycles. The fraction of sp³-hybridized carbons (Fsp3) is 0.350. The number of hydrazone groups is 1. The lowest BCUT2D eigenvalue weighted by atomic mass is 9.89. The monoisotopic (exact) mass is 333 g/mol. The molecule has 0 aliphatic heterocycles. The second kappa shape index (κ2) is 5.41. The maximum Gasteiger partial charge on any atom is 0.269 e. The Kier molecular flexibility index (Phi) is 3.17. The first-order chi connectivity index (χ1) is 12.2. The van der Waals surface area contributed by atoms with E-state index in [1.165, 1.54) is 30.5 Å². The van der Waals surface area contributed by atoms with E-state index in [-0.39, 0.29) is 10.6 Å². The average Bonchev–Trinajstić information content (AvgIpc) is 3.01. The molecule has 6 rings (SSSR count). The van der Waals surface area contributed by atoms with E-state index in [0.717, 1.165) is 35.1 Å². The Labute approximate surface area is 145 Å². The van der Waals surface area contributed by atoms with Crippen LogP contribution in [0, 0.1) is 39.7 Å². The van der Waals surface area contributed by atoms with Gasteiger partial charge in [0.1, 0.15) is 0 Å². The van der Waals surface area contributed by atoms with E-state index in [0.29, 0.717) is 5.92 Å². The molecule has 2 aromatic rings. The largest absolute Gasteiger partial charge is 0.278 e. The minimum Gasteiger partial charge on any atom is -0.278 e. The molecule has 4 fully saturated rings. The fourth-order valence-electron chi connectivity index (χ4n) is 5.20. The summed E-state index contributed by atoms with van der Waals surface area (Å²) in [5.41, 5.74) is 6.33. The van der Waals surface area contributed by atoms with Gasteiger partial charge >= 0.3 is 0 Å². The Morgan fingerprint density at radius 2 is 1.72 bits per heavy atom. The highest BCUT2D eigenvalue weighted by Crippen LogP contribution is 2.73. The summed E-state index contributed by atoms with van der Waals surface area (Å²) in [5, 5.41) is 15.5. The number of non-ortho nitro benzene ring substituents is 1. The van der Waals surface area contributed by atoms with Crippen LogP contribution in [0.4, 0.5) is 11.4 Å². The highest BCUT2D eigenvalue weighted by molar-refractivity contribution is 6.03. The van der Waals surface area contributed by atoms with Gasteiger partial charge in [0.2, 0.25) is 0 Å². The normalized spacial score (nSPS) is 31.8. The first-order valence-electron chi connectivity index (χ1n) is 8.86. The van der Waals surface area contributed by atoms with E-state index in [9.17, 15) is 10.1 Å². The molecule has 5 heteroatoms. The summed E-state index contributed by atoms with van der Waals surface area (Å²) in [6, 6.07) is 16.8. The van der Waals surface area contributed by atoms with E-state index in [4.69, 9.17) is 5.10 Å². The van der Waals surface area contributed by atoms with E-state index in [1.807, 2.05) is 6.07 Å². The lowest BCUT2D eigenvalue weighted by Crippen LogP contribution is -2.21. The zero-order valence-corrected chi connectivity index (χ0v) is 13.7. The summed E-state index contributed by atoms with van der Waals surface area (Å²) in [4.78, 5) is 10.4. The van der Waals surface area contributed by atoms with Gasteiger partial charge in [-0.3, -0.25) is 15.5 Å². The Balaban J connectivity index is 1.44. The number of hydrogen-bond donors (Lipinski definition) is 1. The molecule has 0 aromatic heterocycles. The highest BCUT2D eigenvalue weighted by Gasteiger charge is 2.69. The number of hydrogen-bond acceptors (Lipinski definition) is 4. The SMILES string of the molecule is O=[N+]([O-])c1ccc(N/N=C(\c2ccccc2)[C@H]2C3C[C@H]4C2[C@@H]4C3)cc1. The zero-order valence-electron chi connectivity index (χ0n) is 13.7. The van der Waals surface area contributed by atoms with Gasteiger partial charge in [-0.05, 0) is 54.2 Å². The Bertz CT molecular complexity index is 833. The van der Waals surface area contributed by atoms with Gasteiger partial charge in [0.15, 0.2) is 0 Å². The van der Waals surface area contributed by atoms with E-state index in [1.54, 1.807) is 12.1 Å². The summed E-state index contributed by atoms with van der Waals surface area (Å²) in [5.74, 6) is 4.02. The molecule has 4 aliphatic rings. The van der Waals surface area contributed by atoms with Gasteiger partial charge in [-0.1, -0.05) is 30.3 Å². The number of nitrogens with zero attached hydrogens (tertiary/aromatic N) is 2. The fourth-order valence-corrected chi connectivity index (χ4v) is 5.20. The molecule has 4 bridgehead atoms. The number of benzene rings is 2. The maximum atomic E-state index is 10.8. The predicted octanol–water partition coefficient (Wildman–Crippen LogP) is 4.31. The molecular formula is C20H19N3O2. The van der Waals surface area contributed by atoms with Crippen molar-refractivity contribution in [3.8, 4) is 0 Å². The molecule has 0 spiro atoms. The summed E-state index contributed by atoms with van der Waals surface area (Å²) in [7, 11) is 0. The third-order valence-corrected chi connectivity index (χ3v) is 6.24. The van der Waals surface area contributed by atoms with E-state index < -0.39 is 0 Å². The van der Waals surface area contributed by atoms with Crippen LogP contribution in [0.5, 0.6) is 0 Å². The van der Waals surface area contributed by atoms with Gasteiger partial charge in [0.05, 0.1) is 16.3 Å². The van der Waals surface area contributed by atoms with Crippen LogP contribution in [0.1, 0.15) is 18.4 Å². The Morgan fingerprint density at radius 3 is 2.28 bits per heavy atom. The molecule has 3 atom stereocenters. The second-order valence-electron chi connectivity index (χ2n) is 7.44. The molecule has 0 heterocycles. The van der Waals surface area contributed by atoms with Crippen LogP contribution in [0.25, 0.3) is 0 Å². The van der Waals surface area contributed by atoms with Gasteiger partial charge in [0.25, 0.3) is 5.69 Å². The maximum absolute atomic E-state index is 10.8. The minimum atomic E-state index is -0.387. The van der Waals surface area contributed by atoms with Crippen molar-refractivity contribution in [1.29, 1.82) is 0 Å². The van der Waals surface area contributed by atoms with Crippen molar-refractivity contribution >= 4 is 17.1 Å². The van der Waals surface area contributed by atoms with Crippen LogP contribution >= 0.6 is 0 Å². The van der Waals surface area contributed by atoms with Crippen molar-refractivity contribution in [2.24, 2.45) is 34.7 Å². The van der Waals surface area contributed by atoms with E-state index in [2.05, 4.69) is 29.7 Å². The van der Waals surface area contributed by atoms with Crippen molar-refractivity contribution in [1.82, 2.24) is 0 Å². The number of anilines is 1. The summed E-state index contributed by atoms with van der Waals surface area (Å²) in [6.07, 6.45) is 2.73. The van der Waals surface area contributed by atoms with Crippen LogP contribution in [-0.4, -0.2) is 10.6 Å². The van der Waals surface area contributed by atoms with Crippen LogP contribution in [0.3, 0.4) is 0 Å². The van der Waals surface area contributed by atoms with E-state index >= 15 is 0 Å². The first kappa shape index (κ1) is 14.6. The number of nitro groups is 1. The molecule has 4 saturated carbocycles. The zero-order chi connectivity index (χ0) is 17.0. The molecule has 1 N–H and O–H groups in total. The van der Waals surface area contributed by atoms with Gasteiger partial charge in [0, 0.05) is 18.1 Å². The second-order valence-corrected chi connectivity index (χ2v) is 7.44. The number of nitro benzene ring substituents is 1. The molecule has 0 unspecified atom stereocenters. The number of rotatable bonds is 5. The first-order valence-corrected chi connectivity index (χ1v) is 8.86. The Hall–Kier alpha value is -2.69. The number of nitrogens with one attached hydrogen (secondary N) is 1. The third-order valence-electron chi connectivity index (χ3n) is 6.24. The molecule has 2 aromatic carbocycles. The molecule has 126 valence electrons. The van der Waals surface area contributed by atoms with Crippen molar-refractivity contribution in [3.63, 3.8) is 0 Å². The topological polar surface area (TPSA) is 67.5 Å².